The quantitative estimate of drug-likeness (QED) is 0.809. The van der Waals surface area contributed by atoms with Crippen LogP contribution in [0.15, 0.2) is 0 Å². The second kappa shape index (κ2) is 4.97. The van der Waals surface area contributed by atoms with Gasteiger partial charge in [0.05, 0.1) is 5.54 Å². The van der Waals surface area contributed by atoms with Crippen LogP contribution in [0.4, 0.5) is 4.79 Å². The summed E-state index contributed by atoms with van der Waals surface area (Å²) < 4.78 is 5.42. The summed E-state index contributed by atoms with van der Waals surface area (Å²) in [6, 6.07) is 0. The number of nitrogens with two attached hydrogens (primary N) is 1. The van der Waals surface area contributed by atoms with E-state index in [4.69, 9.17) is 10.5 Å². The molecule has 2 fully saturated rings. The SMILES string of the molecule is CC(C)(C)OC(=O)NC1(C2(N)CCCC2)CCCC1. The van der Waals surface area contributed by atoms with E-state index in [1.54, 1.807) is 0 Å². The fourth-order valence-corrected chi connectivity index (χ4v) is 3.71. The first-order valence-corrected chi connectivity index (χ1v) is 7.57. The van der Waals surface area contributed by atoms with Crippen molar-refractivity contribution in [2.24, 2.45) is 5.73 Å². The largest absolute Gasteiger partial charge is 0.444 e. The van der Waals surface area contributed by atoms with Crippen molar-refractivity contribution in [3.05, 3.63) is 0 Å². The van der Waals surface area contributed by atoms with E-state index in [9.17, 15) is 4.79 Å². The zero-order valence-corrected chi connectivity index (χ0v) is 12.6. The number of hydrogen-bond acceptors (Lipinski definition) is 3. The van der Waals surface area contributed by atoms with Crippen molar-refractivity contribution in [1.82, 2.24) is 5.32 Å². The number of carbonyl (C=O) groups excluding carboxylic acids is 1. The van der Waals surface area contributed by atoms with Crippen molar-refractivity contribution in [2.75, 3.05) is 0 Å². The number of nitrogens with one attached hydrogen (secondary N) is 1. The number of amides is 1. The highest BCUT2D eigenvalue weighted by Gasteiger charge is 2.52. The lowest BCUT2D eigenvalue weighted by Gasteiger charge is -2.44. The van der Waals surface area contributed by atoms with E-state index in [1.165, 1.54) is 12.8 Å². The van der Waals surface area contributed by atoms with Gasteiger partial charge in [0, 0.05) is 5.54 Å². The third-order valence-electron chi connectivity index (χ3n) is 4.65. The van der Waals surface area contributed by atoms with E-state index in [-0.39, 0.29) is 17.2 Å². The normalized spacial score (nSPS) is 25.3. The molecule has 0 spiro atoms. The van der Waals surface area contributed by atoms with Gasteiger partial charge in [-0.15, -0.1) is 0 Å². The summed E-state index contributed by atoms with van der Waals surface area (Å²) in [6.45, 7) is 5.67. The van der Waals surface area contributed by atoms with Crippen LogP contribution in [0.25, 0.3) is 0 Å². The van der Waals surface area contributed by atoms with Gasteiger partial charge in [0.15, 0.2) is 0 Å². The standard InChI is InChI=1S/C15H28N2O2/c1-13(2,3)19-12(18)17-15(10-6-7-11-15)14(16)8-4-5-9-14/h4-11,16H2,1-3H3,(H,17,18). The molecule has 0 unspecified atom stereocenters. The molecule has 0 bridgehead atoms. The topological polar surface area (TPSA) is 64.3 Å². The predicted octanol–water partition coefficient (Wildman–Crippen LogP) is 3.10. The number of carbonyl (C=O) groups is 1. The lowest BCUT2D eigenvalue weighted by molar-refractivity contribution is 0.0383. The van der Waals surface area contributed by atoms with E-state index in [2.05, 4.69) is 5.32 Å². The second-order valence-corrected chi connectivity index (χ2v) is 7.28. The molecule has 0 aromatic rings. The van der Waals surface area contributed by atoms with Crippen molar-refractivity contribution in [2.45, 2.75) is 88.8 Å². The van der Waals surface area contributed by atoms with Crippen LogP contribution in [0.5, 0.6) is 0 Å². The Balaban J connectivity index is 2.10. The maximum absolute atomic E-state index is 12.1. The monoisotopic (exact) mass is 268 g/mol. The van der Waals surface area contributed by atoms with Gasteiger partial charge >= 0.3 is 6.09 Å². The van der Waals surface area contributed by atoms with Gasteiger partial charge < -0.3 is 15.8 Å². The molecule has 0 radical (unpaired) electrons. The Bertz CT molecular complexity index is 335. The molecule has 1 amide bonds. The average Bonchev–Trinajstić information content (AvgIpc) is 2.86. The Morgan fingerprint density at radius 2 is 1.53 bits per heavy atom. The first-order valence-electron chi connectivity index (χ1n) is 7.57. The molecule has 0 saturated heterocycles. The Kier molecular flexibility index (Phi) is 3.83. The molecule has 0 aromatic heterocycles. The van der Waals surface area contributed by atoms with Crippen molar-refractivity contribution < 1.29 is 9.53 Å². The van der Waals surface area contributed by atoms with Crippen molar-refractivity contribution in [1.29, 1.82) is 0 Å². The van der Waals surface area contributed by atoms with Gasteiger partial charge in [0.25, 0.3) is 0 Å². The van der Waals surface area contributed by atoms with Crippen molar-refractivity contribution in [3.63, 3.8) is 0 Å². The van der Waals surface area contributed by atoms with Gasteiger partial charge in [0.1, 0.15) is 5.60 Å². The number of alkyl carbamates (subject to hydrolysis) is 1. The van der Waals surface area contributed by atoms with Gasteiger partial charge in [0.2, 0.25) is 0 Å². The van der Waals surface area contributed by atoms with Gasteiger partial charge in [-0.3, -0.25) is 0 Å². The van der Waals surface area contributed by atoms with Gasteiger partial charge in [-0.25, -0.2) is 4.79 Å². The van der Waals surface area contributed by atoms with E-state index in [0.717, 1.165) is 38.5 Å². The highest BCUT2D eigenvalue weighted by molar-refractivity contribution is 5.69. The molecule has 4 nitrogen and oxygen atoms in total. The minimum absolute atomic E-state index is 0.236. The van der Waals surface area contributed by atoms with E-state index in [0.29, 0.717) is 0 Å². The predicted molar refractivity (Wildman–Crippen MR) is 76.0 cm³/mol. The third-order valence-corrected chi connectivity index (χ3v) is 4.65. The maximum Gasteiger partial charge on any atom is 0.408 e. The summed E-state index contributed by atoms with van der Waals surface area (Å²) in [4.78, 5) is 12.1. The molecule has 2 aliphatic carbocycles. The molecular formula is C15H28N2O2. The number of hydrogen-bond donors (Lipinski definition) is 2. The van der Waals surface area contributed by atoms with Crippen molar-refractivity contribution >= 4 is 6.09 Å². The van der Waals surface area contributed by atoms with Crippen LogP contribution >= 0.6 is 0 Å². The van der Waals surface area contributed by atoms with Crippen LogP contribution in [0, 0.1) is 0 Å². The lowest BCUT2D eigenvalue weighted by atomic mass is 9.74. The molecule has 19 heavy (non-hydrogen) atoms. The summed E-state index contributed by atoms with van der Waals surface area (Å²) in [6.07, 6.45) is 8.34. The second-order valence-electron chi connectivity index (χ2n) is 7.28. The maximum atomic E-state index is 12.1. The molecule has 0 heterocycles. The summed E-state index contributed by atoms with van der Waals surface area (Å²) in [7, 11) is 0. The summed E-state index contributed by atoms with van der Waals surface area (Å²) in [5.74, 6) is 0. The first-order chi connectivity index (χ1) is 8.77. The van der Waals surface area contributed by atoms with Crippen LogP contribution in [-0.4, -0.2) is 22.8 Å². The van der Waals surface area contributed by atoms with Gasteiger partial charge in [-0.1, -0.05) is 25.7 Å². The van der Waals surface area contributed by atoms with Crippen LogP contribution in [-0.2, 0) is 4.74 Å². The van der Waals surface area contributed by atoms with Crippen LogP contribution in [0.2, 0.25) is 0 Å². The number of rotatable bonds is 2. The van der Waals surface area contributed by atoms with E-state index >= 15 is 0 Å². The molecule has 3 N–H and O–H groups in total. The van der Waals surface area contributed by atoms with Crippen LogP contribution < -0.4 is 11.1 Å². The Hall–Kier alpha value is -0.770. The van der Waals surface area contributed by atoms with Gasteiger partial charge in [-0.2, -0.15) is 0 Å². The van der Waals surface area contributed by atoms with Crippen molar-refractivity contribution in [3.8, 4) is 0 Å². The molecule has 110 valence electrons. The summed E-state index contributed by atoms with van der Waals surface area (Å²) in [5, 5.41) is 3.15. The molecule has 0 atom stereocenters. The Labute approximate surface area is 116 Å². The Morgan fingerprint density at radius 1 is 1.05 bits per heavy atom. The van der Waals surface area contributed by atoms with Crippen LogP contribution in [0.3, 0.4) is 0 Å². The molecule has 2 rings (SSSR count). The van der Waals surface area contributed by atoms with Crippen LogP contribution in [0.1, 0.15) is 72.1 Å². The zero-order chi connectivity index (χ0) is 14.1. The molecular weight excluding hydrogens is 240 g/mol. The molecule has 0 aromatic carbocycles. The fourth-order valence-electron chi connectivity index (χ4n) is 3.71. The van der Waals surface area contributed by atoms with Gasteiger partial charge in [-0.05, 0) is 46.5 Å². The summed E-state index contributed by atoms with van der Waals surface area (Å²) in [5.41, 5.74) is 5.70. The lowest BCUT2D eigenvalue weighted by Crippen LogP contribution is -2.66. The minimum atomic E-state index is -0.457. The fraction of sp³-hybridized carbons (Fsp3) is 0.933. The molecule has 4 heteroatoms. The summed E-state index contributed by atoms with van der Waals surface area (Å²) >= 11 is 0. The van der Waals surface area contributed by atoms with E-state index in [1.807, 2.05) is 20.8 Å². The highest BCUT2D eigenvalue weighted by Crippen LogP contribution is 2.45. The average molecular weight is 268 g/mol. The minimum Gasteiger partial charge on any atom is -0.444 e. The smallest absolute Gasteiger partial charge is 0.408 e. The molecule has 2 aliphatic rings. The highest BCUT2D eigenvalue weighted by atomic mass is 16.6. The third kappa shape index (κ3) is 3.04. The number of ether oxygens (including phenoxy) is 1. The zero-order valence-electron chi connectivity index (χ0n) is 12.6. The van der Waals surface area contributed by atoms with E-state index < -0.39 is 5.60 Å². The molecule has 0 aliphatic heterocycles. The first kappa shape index (κ1) is 14.6. The molecule has 2 saturated carbocycles. The Morgan fingerprint density at radius 3 is 2.00 bits per heavy atom.